The van der Waals surface area contributed by atoms with E-state index in [1.807, 2.05) is 12.1 Å². The molecule has 2 aromatic rings. The van der Waals surface area contributed by atoms with Crippen LogP contribution in [0.25, 0.3) is 0 Å². The summed E-state index contributed by atoms with van der Waals surface area (Å²) in [4.78, 5) is 22.5. The number of likely N-dealkylation sites (tertiary alicyclic amines) is 1. The van der Waals surface area contributed by atoms with Crippen LogP contribution in [0.2, 0.25) is 0 Å². The van der Waals surface area contributed by atoms with Crippen LogP contribution in [0, 0.1) is 5.92 Å². The Morgan fingerprint density at radius 1 is 1.22 bits per heavy atom. The van der Waals surface area contributed by atoms with Gasteiger partial charge in [0.1, 0.15) is 0 Å². The molecule has 3 rings (SSSR count). The van der Waals surface area contributed by atoms with Crippen LogP contribution < -0.4 is 5.32 Å². The number of rotatable bonds is 5. The van der Waals surface area contributed by atoms with E-state index in [0.717, 1.165) is 19.6 Å². The summed E-state index contributed by atoms with van der Waals surface area (Å²) in [5.41, 5.74) is 1.72. The van der Waals surface area contributed by atoms with E-state index in [0.29, 0.717) is 5.56 Å². The maximum atomic E-state index is 12.3. The lowest BCUT2D eigenvalue weighted by Crippen LogP contribution is -2.41. The van der Waals surface area contributed by atoms with E-state index < -0.39 is 0 Å². The lowest BCUT2D eigenvalue weighted by Gasteiger charge is -2.18. The maximum absolute atomic E-state index is 12.3. The molecule has 6 heteroatoms. The van der Waals surface area contributed by atoms with Gasteiger partial charge in [-0.1, -0.05) is 0 Å². The summed E-state index contributed by atoms with van der Waals surface area (Å²) in [6, 6.07) is 7.38. The van der Waals surface area contributed by atoms with Gasteiger partial charge in [-0.25, -0.2) is 0 Å². The van der Waals surface area contributed by atoms with Crippen LogP contribution in [0.3, 0.4) is 0 Å². The van der Waals surface area contributed by atoms with Crippen molar-refractivity contribution in [3.63, 3.8) is 0 Å². The summed E-state index contributed by atoms with van der Waals surface area (Å²) in [5.74, 6) is -0.107. The molecule has 0 unspecified atom stereocenters. The van der Waals surface area contributed by atoms with Crippen molar-refractivity contribution in [2.24, 2.45) is 5.92 Å². The summed E-state index contributed by atoms with van der Waals surface area (Å²) < 4.78 is 0. The van der Waals surface area contributed by atoms with E-state index in [1.165, 1.54) is 5.56 Å². The van der Waals surface area contributed by atoms with E-state index in [2.05, 4.69) is 20.2 Å². The molecule has 0 aromatic carbocycles. The Morgan fingerprint density at radius 3 is 2.74 bits per heavy atom. The van der Waals surface area contributed by atoms with Crippen molar-refractivity contribution in [1.82, 2.24) is 20.2 Å². The Balaban J connectivity index is 1.62. The van der Waals surface area contributed by atoms with Gasteiger partial charge in [-0.05, 0) is 29.8 Å². The van der Waals surface area contributed by atoms with Gasteiger partial charge in [-0.3, -0.25) is 19.7 Å². The summed E-state index contributed by atoms with van der Waals surface area (Å²) in [6.07, 6.45) is 6.74. The number of carbonyl (C=O) groups excluding carboxylic acids is 1. The minimum Gasteiger partial charge on any atom is -0.396 e. The monoisotopic (exact) mass is 312 g/mol. The van der Waals surface area contributed by atoms with E-state index in [4.69, 9.17) is 0 Å². The van der Waals surface area contributed by atoms with Gasteiger partial charge in [0.15, 0.2) is 0 Å². The lowest BCUT2D eigenvalue weighted by atomic mass is 10.0. The molecule has 120 valence electrons. The first-order valence-corrected chi connectivity index (χ1v) is 7.69. The number of aromatic nitrogens is 2. The van der Waals surface area contributed by atoms with E-state index in [9.17, 15) is 9.90 Å². The zero-order valence-electron chi connectivity index (χ0n) is 12.8. The lowest BCUT2D eigenvalue weighted by molar-refractivity contribution is 0.0920. The molecular weight excluding hydrogens is 292 g/mol. The number of nitrogens with zero attached hydrogens (tertiary/aromatic N) is 3. The van der Waals surface area contributed by atoms with Gasteiger partial charge < -0.3 is 10.4 Å². The fourth-order valence-corrected chi connectivity index (χ4v) is 2.93. The molecule has 1 saturated heterocycles. The fraction of sp³-hybridized carbons (Fsp3) is 0.353. The fourth-order valence-electron chi connectivity index (χ4n) is 2.93. The predicted octanol–water partition coefficient (Wildman–Crippen LogP) is 0.699. The summed E-state index contributed by atoms with van der Waals surface area (Å²) >= 11 is 0. The average molecular weight is 312 g/mol. The highest BCUT2D eigenvalue weighted by Crippen LogP contribution is 2.19. The van der Waals surface area contributed by atoms with Crippen LogP contribution in [-0.4, -0.2) is 51.6 Å². The number of aliphatic hydroxyl groups excluding tert-OH is 1. The summed E-state index contributed by atoms with van der Waals surface area (Å²) in [6.45, 7) is 2.33. The quantitative estimate of drug-likeness (QED) is 0.850. The second-order valence-corrected chi connectivity index (χ2v) is 5.81. The first-order valence-electron chi connectivity index (χ1n) is 7.69. The number of aliphatic hydroxyl groups is 1. The number of amides is 1. The van der Waals surface area contributed by atoms with Gasteiger partial charge in [0.2, 0.25) is 0 Å². The molecule has 1 aliphatic rings. The van der Waals surface area contributed by atoms with Crippen molar-refractivity contribution in [2.75, 3.05) is 19.7 Å². The number of nitrogens with one attached hydrogen (secondary N) is 1. The van der Waals surface area contributed by atoms with E-state index in [1.54, 1.807) is 36.9 Å². The SMILES string of the molecule is O=C(N[C@@H]1CN(Cc2ccncc2)C[C@H]1CO)c1cccnc1. The summed E-state index contributed by atoms with van der Waals surface area (Å²) in [7, 11) is 0. The van der Waals surface area contributed by atoms with Crippen molar-refractivity contribution in [1.29, 1.82) is 0 Å². The first-order chi connectivity index (χ1) is 11.3. The Hall–Kier alpha value is -2.31. The molecule has 3 heterocycles. The zero-order valence-corrected chi connectivity index (χ0v) is 12.8. The van der Waals surface area contributed by atoms with Gasteiger partial charge in [-0.2, -0.15) is 0 Å². The highest BCUT2D eigenvalue weighted by molar-refractivity contribution is 5.94. The molecule has 0 spiro atoms. The van der Waals surface area contributed by atoms with Crippen molar-refractivity contribution in [3.05, 3.63) is 60.2 Å². The Labute approximate surface area is 135 Å². The molecule has 1 fully saturated rings. The molecule has 1 aliphatic heterocycles. The van der Waals surface area contributed by atoms with Crippen LogP contribution in [0.15, 0.2) is 49.1 Å². The Bertz CT molecular complexity index is 636. The van der Waals surface area contributed by atoms with Gasteiger partial charge >= 0.3 is 0 Å². The van der Waals surface area contributed by atoms with Crippen LogP contribution in [0.5, 0.6) is 0 Å². The third-order valence-electron chi connectivity index (χ3n) is 4.15. The van der Waals surface area contributed by atoms with Crippen LogP contribution in [-0.2, 0) is 6.54 Å². The first kappa shape index (κ1) is 15.6. The second-order valence-electron chi connectivity index (χ2n) is 5.81. The smallest absolute Gasteiger partial charge is 0.253 e. The van der Waals surface area contributed by atoms with E-state index in [-0.39, 0.29) is 24.5 Å². The zero-order chi connectivity index (χ0) is 16.1. The Morgan fingerprint density at radius 2 is 2.04 bits per heavy atom. The van der Waals surface area contributed by atoms with Crippen molar-refractivity contribution < 1.29 is 9.90 Å². The number of carbonyl (C=O) groups is 1. The predicted molar refractivity (Wildman–Crippen MR) is 85.6 cm³/mol. The average Bonchev–Trinajstić information content (AvgIpc) is 2.98. The molecular formula is C17H20N4O2. The molecule has 23 heavy (non-hydrogen) atoms. The van der Waals surface area contributed by atoms with Crippen LogP contribution in [0.4, 0.5) is 0 Å². The highest BCUT2D eigenvalue weighted by atomic mass is 16.3. The molecule has 0 radical (unpaired) electrons. The van der Waals surface area contributed by atoms with Gasteiger partial charge in [-0.15, -0.1) is 0 Å². The number of hydrogen-bond acceptors (Lipinski definition) is 5. The molecule has 1 amide bonds. The standard InChI is InChI=1S/C17H20N4O2/c22-12-15-10-21(9-13-3-6-18-7-4-13)11-16(15)20-17(23)14-2-1-5-19-8-14/h1-8,15-16,22H,9-12H2,(H,20,23)/t15-,16+/m0/s1. The molecule has 6 nitrogen and oxygen atoms in total. The minimum absolute atomic E-state index is 0.0393. The molecule has 2 aromatic heterocycles. The number of pyridine rings is 2. The third-order valence-corrected chi connectivity index (χ3v) is 4.15. The van der Waals surface area contributed by atoms with E-state index >= 15 is 0 Å². The maximum Gasteiger partial charge on any atom is 0.253 e. The van der Waals surface area contributed by atoms with Crippen molar-refractivity contribution in [2.45, 2.75) is 12.6 Å². The second kappa shape index (κ2) is 7.30. The Kier molecular flexibility index (Phi) is 4.95. The van der Waals surface area contributed by atoms with Crippen LogP contribution in [0.1, 0.15) is 15.9 Å². The molecule has 2 atom stereocenters. The largest absolute Gasteiger partial charge is 0.396 e. The third kappa shape index (κ3) is 3.91. The minimum atomic E-state index is -0.146. The van der Waals surface area contributed by atoms with Gasteiger partial charge in [0, 0.05) is 63.0 Å². The highest BCUT2D eigenvalue weighted by Gasteiger charge is 2.33. The van der Waals surface area contributed by atoms with Crippen molar-refractivity contribution in [3.8, 4) is 0 Å². The van der Waals surface area contributed by atoms with Gasteiger partial charge in [0.05, 0.1) is 5.56 Å². The molecule has 0 saturated carbocycles. The summed E-state index contributed by atoms with van der Waals surface area (Å²) in [5, 5.41) is 12.6. The van der Waals surface area contributed by atoms with Crippen LogP contribution >= 0.6 is 0 Å². The molecule has 0 aliphatic carbocycles. The molecule has 2 N–H and O–H groups in total. The number of hydrogen-bond donors (Lipinski definition) is 2. The van der Waals surface area contributed by atoms with Gasteiger partial charge in [0.25, 0.3) is 5.91 Å². The normalized spacial score (nSPS) is 21.3. The molecule has 0 bridgehead atoms. The topological polar surface area (TPSA) is 78.4 Å². The van der Waals surface area contributed by atoms with Crippen molar-refractivity contribution >= 4 is 5.91 Å².